The molecule has 2 aromatic carbocycles. The molecule has 2 aromatic rings. The van der Waals surface area contributed by atoms with E-state index in [-0.39, 0.29) is 71.7 Å². The van der Waals surface area contributed by atoms with Gasteiger partial charge in [-0.2, -0.15) is 26.3 Å². The first kappa shape index (κ1) is 36.1. The largest absolute Gasteiger partial charge is 0.487 e. The highest BCUT2D eigenvalue weighted by molar-refractivity contribution is 6.34. The Balaban J connectivity index is 1.76. The average molecular weight is 671 g/mol. The number of ether oxygens (including phenoxy) is 1. The first-order valence-corrected chi connectivity index (χ1v) is 14.3. The van der Waals surface area contributed by atoms with Crippen molar-refractivity contribution in [3.05, 3.63) is 63.7 Å². The Bertz CT molecular complexity index is 1390. The summed E-state index contributed by atoms with van der Waals surface area (Å²) in [7, 11) is 0. The van der Waals surface area contributed by atoms with Crippen LogP contribution in [0, 0.1) is 11.3 Å². The molecule has 0 aromatic heterocycles. The van der Waals surface area contributed by atoms with Crippen LogP contribution in [0.2, 0.25) is 5.02 Å². The lowest BCUT2D eigenvalue weighted by Gasteiger charge is -2.30. The molecule has 0 spiro atoms. The molecule has 1 saturated carbocycles. The van der Waals surface area contributed by atoms with Crippen LogP contribution in [0.4, 0.5) is 35.1 Å². The highest BCUT2D eigenvalue weighted by Gasteiger charge is 2.52. The Morgan fingerprint density at radius 1 is 0.911 bits per heavy atom. The number of nitrogens with one attached hydrogen (secondary N) is 2. The van der Waals surface area contributed by atoms with Gasteiger partial charge in [-0.15, -0.1) is 0 Å². The molecule has 0 radical (unpaired) electrons. The monoisotopic (exact) mass is 670 g/mol. The number of hydrogen-bond donors (Lipinski definition) is 2. The molecule has 0 unspecified atom stereocenters. The van der Waals surface area contributed by atoms with Gasteiger partial charge in [0.15, 0.2) is 5.78 Å². The smallest absolute Gasteiger partial charge is 0.402 e. The quantitative estimate of drug-likeness (QED) is 0.192. The molecule has 0 heterocycles. The number of benzene rings is 2. The van der Waals surface area contributed by atoms with E-state index in [4.69, 9.17) is 16.3 Å². The molecular formula is C30H31ClF8N2O4. The van der Waals surface area contributed by atoms with Gasteiger partial charge in [-0.05, 0) is 74.9 Å². The van der Waals surface area contributed by atoms with Crippen LogP contribution < -0.4 is 15.4 Å². The van der Waals surface area contributed by atoms with Crippen LogP contribution in [0.1, 0.15) is 71.4 Å². The van der Waals surface area contributed by atoms with Crippen molar-refractivity contribution in [2.75, 3.05) is 6.61 Å². The van der Waals surface area contributed by atoms with Crippen molar-refractivity contribution < 1.29 is 54.2 Å². The van der Waals surface area contributed by atoms with Crippen LogP contribution in [0.5, 0.6) is 5.75 Å². The van der Waals surface area contributed by atoms with Crippen molar-refractivity contribution in [3.8, 4) is 5.75 Å². The minimum atomic E-state index is -4.79. The number of alkyl halides is 8. The van der Waals surface area contributed by atoms with E-state index < -0.39 is 60.4 Å². The first-order valence-electron chi connectivity index (χ1n) is 13.9. The number of hydrogen-bond acceptors (Lipinski definition) is 4. The van der Waals surface area contributed by atoms with Crippen LogP contribution in [0.3, 0.4) is 0 Å². The molecule has 0 atom stereocenters. The maximum Gasteiger partial charge on any atom is 0.402 e. The van der Waals surface area contributed by atoms with Crippen molar-refractivity contribution in [1.29, 1.82) is 0 Å². The van der Waals surface area contributed by atoms with Gasteiger partial charge in [0.1, 0.15) is 17.8 Å². The predicted octanol–water partition coefficient (Wildman–Crippen LogP) is 7.46. The summed E-state index contributed by atoms with van der Waals surface area (Å²) in [6.45, 7) is 0.0984. The third-order valence-corrected chi connectivity index (χ3v) is 7.93. The van der Waals surface area contributed by atoms with Crippen molar-refractivity contribution in [1.82, 2.24) is 10.6 Å². The van der Waals surface area contributed by atoms with E-state index in [1.807, 2.05) is 0 Å². The Morgan fingerprint density at radius 2 is 1.51 bits per heavy atom. The zero-order valence-electron chi connectivity index (χ0n) is 24.2. The van der Waals surface area contributed by atoms with E-state index in [1.165, 1.54) is 36.4 Å². The fraction of sp³-hybridized carbons (Fsp3) is 0.500. The summed E-state index contributed by atoms with van der Waals surface area (Å²) in [5.74, 6) is -4.31. The number of halogens is 9. The van der Waals surface area contributed by atoms with Gasteiger partial charge in [0.2, 0.25) is 5.91 Å². The van der Waals surface area contributed by atoms with E-state index in [9.17, 15) is 49.5 Å². The number of carbonyl (C=O) groups excluding carboxylic acids is 3. The van der Waals surface area contributed by atoms with E-state index in [0.29, 0.717) is 0 Å². The average Bonchev–Trinajstić information content (AvgIpc) is 2.94. The Morgan fingerprint density at radius 3 is 2.09 bits per heavy atom. The van der Waals surface area contributed by atoms with Crippen LogP contribution in [-0.2, 0) is 17.8 Å². The molecule has 2 N–H and O–H groups in total. The predicted molar refractivity (Wildman–Crippen MR) is 148 cm³/mol. The molecule has 3 rings (SSSR count). The van der Waals surface area contributed by atoms with Gasteiger partial charge >= 0.3 is 12.4 Å². The zero-order chi connectivity index (χ0) is 33.7. The molecule has 2 amide bonds. The minimum Gasteiger partial charge on any atom is -0.487 e. The van der Waals surface area contributed by atoms with Gasteiger partial charge in [0.05, 0.1) is 16.5 Å². The minimum absolute atomic E-state index is 0.00927. The summed E-state index contributed by atoms with van der Waals surface area (Å²) < 4.78 is 109. The summed E-state index contributed by atoms with van der Waals surface area (Å²) >= 11 is 6.19. The highest BCUT2D eigenvalue weighted by Crippen LogP contribution is 2.38. The second kappa shape index (κ2) is 14.3. The van der Waals surface area contributed by atoms with Crippen LogP contribution in [0.25, 0.3) is 0 Å². The van der Waals surface area contributed by atoms with E-state index in [0.717, 1.165) is 13.8 Å². The maximum atomic E-state index is 13.2. The number of rotatable bonds is 11. The molecule has 45 heavy (non-hydrogen) atoms. The van der Waals surface area contributed by atoms with Crippen molar-refractivity contribution in [3.63, 3.8) is 0 Å². The fourth-order valence-corrected chi connectivity index (χ4v) is 4.90. The maximum absolute atomic E-state index is 13.2. The lowest BCUT2D eigenvalue weighted by Crippen LogP contribution is -2.46. The standard InChI is InChI=1S/C30H31ClF8N2O4/c1-28(2,30(37,38)39)27(44)40-14-17-3-9-22(31)20(12-17)23(42)13-16-4-10-24(45-15-25(32)33)21(11-16)26(43)41-19-7-5-18(6-8-19)29(34,35)36/h3-4,9-12,18-19,25H,5-8,13-15H2,1-2H3,(H,40,44)(H,41,43)/t18-,19-. The second-order valence-electron chi connectivity index (χ2n) is 11.3. The number of amides is 2. The molecule has 6 nitrogen and oxygen atoms in total. The SMILES string of the molecule is CC(C)(C(=O)NCc1ccc(Cl)c(C(=O)Cc2ccc(OCC(F)F)c(C(=O)N[C@H]3CC[C@H](C(F)(F)F)CC3)c2)c1)C(F)(F)F. The van der Waals surface area contributed by atoms with E-state index >= 15 is 0 Å². The lowest BCUT2D eigenvalue weighted by atomic mass is 9.85. The van der Waals surface area contributed by atoms with Gasteiger partial charge < -0.3 is 15.4 Å². The molecule has 0 bridgehead atoms. The van der Waals surface area contributed by atoms with E-state index in [2.05, 4.69) is 10.6 Å². The van der Waals surface area contributed by atoms with Gasteiger partial charge in [-0.1, -0.05) is 23.7 Å². The molecule has 1 fully saturated rings. The summed E-state index contributed by atoms with van der Waals surface area (Å²) in [6, 6.07) is 7.28. The lowest BCUT2D eigenvalue weighted by molar-refractivity contribution is -0.211. The molecule has 1 aliphatic carbocycles. The Labute approximate surface area is 258 Å². The topological polar surface area (TPSA) is 84.5 Å². The fourth-order valence-electron chi connectivity index (χ4n) is 4.68. The summed E-state index contributed by atoms with van der Waals surface area (Å²) in [4.78, 5) is 38.4. The molecule has 0 aliphatic heterocycles. The Hall–Kier alpha value is -3.42. The third-order valence-electron chi connectivity index (χ3n) is 7.60. The summed E-state index contributed by atoms with van der Waals surface area (Å²) in [5, 5.41) is 4.82. The molecular weight excluding hydrogens is 640 g/mol. The van der Waals surface area contributed by atoms with Gasteiger partial charge in [-0.3, -0.25) is 14.4 Å². The van der Waals surface area contributed by atoms with Gasteiger partial charge in [-0.25, -0.2) is 8.78 Å². The van der Waals surface area contributed by atoms with Crippen molar-refractivity contribution in [2.24, 2.45) is 11.3 Å². The second-order valence-corrected chi connectivity index (χ2v) is 11.7. The molecule has 0 saturated heterocycles. The number of carbonyl (C=O) groups is 3. The van der Waals surface area contributed by atoms with Crippen molar-refractivity contribution in [2.45, 2.75) is 77.3 Å². The Kier molecular flexibility index (Phi) is 11.5. The highest BCUT2D eigenvalue weighted by atomic mass is 35.5. The summed E-state index contributed by atoms with van der Waals surface area (Å²) in [6.07, 6.45) is -12.6. The molecule has 15 heteroatoms. The van der Waals surface area contributed by atoms with Gasteiger partial charge in [0, 0.05) is 24.6 Å². The normalized spacial score (nSPS) is 17.6. The number of Topliss-reactive ketones (excluding diaryl/α,β-unsaturated/α-hetero) is 1. The molecule has 1 aliphatic rings. The van der Waals surface area contributed by atoms with Crippen molar-refractivity contribution >= 4 is 29.2 Å². The van der Waals surface area contributed by atoms with Gasteiger partial charge in [0.25, 0.3) is 12.3 Å². The zero-order valence-corrected chi connectivity index (χ0v) is 24.9. The summed E-state index contributed by atoms with van der Waals surface area (Å²) in [5.41, 5.74) is -2.35. The van der Waals surface area contributed by atoms with Crippen LogP contribution in [-0.4, -0.2) is 49.0 Å². The number of ketones is 1. The third kappa shape index (κ3) is 9.54. The van der Waals surface area contributed by atoms with Crippen LogP contribution in [0.15, 0.2) is 36.4 Å². The molecule has 248 valence electrons. The van der Waals surface area contributed by atoms with Crippen LogP contribution >= 0.6 is 11.6 Å². The van der Waals surface area contributed by atoms with E-state index in [1.54, 1.807) is 0 Å². The first-order chi connectivity index (χ1) is 20.8.